The van der Waals surface area contributed by atoms with Crippen LogP contribution in [0.5, 0.6) is 0 Å². The number of carbonyl (C=O) groups is 2. The Hall–Kier alpha value is -3.90. The van der Waals surface area contributed by atoms with E-state index in [9.17, 15) is 19.6 Å². The molecule has 1 aromatic heterocycles. The Bertz CT molecular complexity index is 1240. The number of hydrogen-bond donors (Lipinski definition) is 2. The largest absolute Gasteiger partial charge is 0.467 e. The quantitative estimate of drug-likeness (QED) is 0.276. The maximum atomic E-state index is 13.1. The summed E-state index contributed by atoms with van der Waals surface area (Å²) in [4.78, 5) is 44.9. The third-order valence-corrected chi connectivity index (χ3v) is 6.31. The number of esters is 1. The fraction of sp³-hybridized carbons (Fsp3) is 0.240. The molecule has 3 rings (SSSR count). The van der Waals surface area contributed by atoms with E-state index in [4.69, 9.17) is 4.74 Å². The number of nitrogens with one attached hydrogen (secondary N) is 2. The number of aromatic amines is 1. The predicted molar refractivity (Wildman–Crippen MR) is 129 cm³/mol. The van der Waals surface area contributed by atoms with Gasteiger partial charge in [-0.3, -0.25) is 9.59 Å². The van der Waals surface area contributed by atoms with Crippen molar-refractivity contribution in [2.75, 3.05) is 7.11 Å². The summed E-state index contributed by atoms with van der Waals surface area (Å²) in [5.41, 5.74) is 1.08. The lowest BCUT2D eigenvalue weighted by Gasteiger charge is -2.20. The maximum Gasteiger partial charge on any atom is 0.328 e. The Balaban J connectivity index is 1.83. The number of H-pyrrole nitrogens is 1. The van der Waals surface area contributed by atoms with Crippen LogP contribution in [0, 0.1) is 11.3 Å². The number of carbonyl (C=O) groups excluding carboxylic acids is 2. The summed E-state index contributed by atoms with van der Waals surface area (Å²) in [6, 6.07) is 19.3. The highest BCUT2D eigenvalue weighted by atomic mass is 32.2. The third-order valence-electron chi connectivity index (χ3n) is 5.06. The molecule has 0 aliphatic carbocycles. The van der Waals surface area contributed by atoms with Crippen LogP contribution in [-0.4, -0.2) is 40.2 Å². The van der Waals surface area contributed by atoms with Gasteiger partial charge in [-0.05, 0) is 12.0 Å². The molecular formula is C25H24N4O4S. The predicted octanol–water partition coefficient (Wildman–Crippen LogP) is 3.08. The molecule has 2 N–H and O–H groups in total. The van der Waals surface area contributed by atoms with Gasteiger partial charge in [0.1, 0.15) is 17.7 Å². The Morgan fingerprint density at radius 1 is 1.15 bits per heavy atom. The van der Waals surface area contributed by atoms with Crippen LogP contribution >= 0.6 is 11.8 Å². The number of amides is 1. The molecule has 174 valence electrons. The molecule has 2 aromatic carbocycles. The SMILES string of the molecule is CCC(Sc1nc(-c2ccccc2)c(C#N)c(=O)[nH]1)C(=O)NC(Cc1ccccc1)C(=O)OC. The molecule has 0 radical (unpaired) electrons. The molecule has 9 heteroatoms. The van der Waals surface area contributed by atoms with Gasteiger partial charge in [0.15, 0.2) is 5.16 Å². The van der Waals surface area contributed by atoms with Crippen LogP contribution in [0.4, 0.5) is 0 Å². The zero-order chi connectivity index (χ0) is 24.5. The fourth-order valence-electron chi connectivity index (χ4n) is 3.32. The van der Waals surface area contributed by atoms with E-state index in [0.717, 1.165) is 17.3 Å². The first-order valence-corrected chi connectivity index (χ1v) is 11.5. The molecule has 1 heterocycles. The van der Waals surface area contributed by atoms with Crippen molar-refractivity contribution in [2.45, 2.75) is 36.2 Å². The Morgan fingerprint density at radius 2 is 1.79 bits per heavy atom. The fourth-order valence-corrected chi connectivity index (χ4v) is 4.23. The van der Waals surface area contributed by atoms with Crippen LogP contribution in [0.15, 0.2) is 70.6 Å². The Kier molecular flexibility index (Phi) is 8.60. The minimum absolute atomic E-state index is 0.0957. The molecule has 0 spiro atoms. The molecule has 1 amide bonds. The number of ether oxygens (including phenoxy) is 1. The zero-order valence-electron chi connectivity index (χ0n) is 18.8. The molecule has 0 fully saturated rings. The summed E-state index contributed by atoms with van der Waals surface area (Å²) in [6.07, 6.45) is 0.699. The van der Waals surface area contributed by atoms with Crippen molar-refractivity contribution < 1.29 is 14.3 Å². The van der Waals surface area contributed by atoms with E-state index in [1.54, 1.807) is 24.3 Å². The van der Waals surface area contributed by atoms with Crippen LogP contribution in [0.2, 0.25) is 0 Å². The summed E-state index contributed by atoms with van der Waals surface area (Å²) in [6.45, 7) is 1.82. The topological polar surface area (TPSA) is 125 Å². The van der Waals surface area contributed by atoms with Gasteiger partial charge in [0, 0.05) is 12.0 Å². The molecule has 8 nitrogen and oxygen atoms in total. The lowest BCUT2D eigenvalue weighted by atomic mass is 10.1. The minimum atomic E-state index is -0.859. The summed E-state index contributed by atoms with van der Waals surface area (Å²) in [5.74, 6) is -0.930. The van der Waals surface area contributed by atoms with Crippen LogP contribution in [0.3, 0.4) is 0 Å². The summed E-state index contributed by atoms with van der Waals surface area (Å²) >= 11 is 1.07. The molecule has 3 aromatic rings. The van der Waals surface area contributed by atoms with Crippen LogP contribution in [0.1, 0.15) is 24.5 Å². The van der Waals surface area contributed by atoms with Gasteiger partial charge >= 0.3 is 5.97 Å². The lowest BCUT2D eigenvalue weighted by molar-refractivity contribution is -0.145. The van der Waals surface area contributed by atoms with E-state index < -0.39 is 22.8 Å². The molecular weight excluding hydrogens is 452 g/mol. The monoisotopic (exact) mass is 476 g/mol. The van der Waals surface area contributed by atoms with Gasteiger partial charge < -0.3 is 15.0 Å². The summed E-state index contributed by atoms with van der Waals surface area (Å²) in [5, 5.41) is 11.8. The number of methoxy groups -OCH3 is 1. The van der Waals surface area contributed by atoms with Crippen molar-refractivity contribution in [3.05, 3.63) is 82.1 Å². The normalized spacial score (nSPS) is 12.3. The highest BCUT2D eigenvalue weighted by Crippen LogP contribution is 2.26. The number of aromatic nitrogens is 2. The molecule has 0 saturated heterocycles. The van der Waals surface area contributed by atoms with Gasteiger partial charge in [-0.15, -0.1) is 0 Å². The van der Waals surface area contributed by atoms with Crippen LogP contribution < -0.4 is 10.9 Å². The van der Waals surface area contributed by atoms with Crippen LogP contribution in [-0.2, 0) is 20.7 Å². The first-order chi connectivity index (χ1) is 16.5. The lowest BCUT2D eigenvalue weighted by Crippen LogP contribution is -2.46. The molecule has 2 atom stereocenters. The van der Waals surface area contributed by atoms with E-state index in [2.05, 4.69) is 15.3 Å². The highest BCUT2D eigenvalue weighted by Gasteiger charge is 2.27. The van der Waals surface area contributed by atoms with Gasteiger partial charge in [0.05, 0.1) is 18.1 Å². The van der Waals surface area contributed by atoms with Crippen molar-refractivity contribution in [2.24, 2.45) is 0 Å². The van der Waals surface area contributed by atoms with Gasteiger partial charge in [-0.25, -0.2) is 9.78 Å². The van der Waals surface area contributed by atoms with E-state index in [1.807, 2.05) is 49.4 Å². The minimum Gasteiger partial charge on any atom is -0.467 e. The number of hydrogen-bond acceptors (Lipinski definition) is 7. The smallest absolute Gasteiger partial charge is 0.328 e. The highest BCUT2D eigenvalue weighted by molar-refractivity contribution is 8.00. The third kappa shape index (κ3) is 6.11. The average Bonchev–Trinajstić information content (AvgIpc) is 2.87. The summed E-state index contributed by atoms with van der Waals surface area (Å²) < 4.78 is 4.87. The molecule has 0 bridgehead atoms. The van der Waals surface area contributed by atoms with Crippen molar-refractivity contribution in [1.82, 2.24) is 15.3 Å². The first-order valence-electron chi connectivity index (χ1n) is 10.6. The summed E-state index contributed by atoms with van der Waals surface area (Å²) in [7, 11) is 1.27. The molecule has 2 unspecified atom stereocenters. The number of rotatable bonds is 9. The van der Waals surface area contributed by atoms with E-state index in [1.165, 1.54) is 7.11 Å². The van der Waals surface area contributed by atoms with E-state index >= 15 is 0 Å². The Morgan fingerprint density at radius 3 is 2.38 bits per heavy atom. The van der Waals surface area contributed by atoms with Crippen molar-refractivity contribution in [1.29, 1.82) is 5.26 Å². The van der Waals surface area contributed by atoms with Crippen molar-refractivity contribution >= 4 is 23.6 Å². The standard InChI is InChI=1S/C25H24N4O4S/c1-3-20(23(31)27-19(24(32)33-2)14-16-10-6-4-7-11-16)34-25-28-21(17-12-8-5-9-13-17)18(15-26)22(30)29-25/h4-13,19-20H,3,14H2,1-2H3,(H,27,31)(H,28,29,30). The number of benzene rings is 2. The van der Waals surface area contributed by atoms with Crippen LogP contribution in [0.25, 0.3) is 11.3 Å². The van der Waals surface area contributed by atoms with Crippen molar-refractivity contribution in [3.8, 4) is 17.3 Å². The second-order valence-corrected chi connectivity index (χ2v) is 8.55. The maximum absolute atomic E-state index is 13.1. The van der Waals surface area contributed by atoms with E-state index in [0.29, 0.717) is 12.0 Å². The molecule has 34 heavy (non-hydrogen) atoms. The Labute approximate surface area is 201 Å². The zero-order valence-corrected chi connectivity index (χ0v) is 19.6. The number of nitrogens with zero attached hydrogens (tertiary/aromatic N) is 2. The second kappa shape index (κ2) is 11.8. The van der Waals surface area contributed by atoms with Gasteiger partial charge in [0.25, 0.3) is 5.56 Å². The molecule has 0 aliphatic heterocycles. The van der Waals surface area contributed by atoms with Gasteiger partial charge in [0.2, 0.25) is 5.91 Å². The van der Waals surface area contributed by atoms with Gasteiger partial charge in [-0.2, -0.15) is 5.26 Å². The molecule has 0 saturated carbocycles. The molecule has 0 aliphatic rings. The number of thioether (sulfide) groups is 1. The second-order valence-electron chi connectivity index (χ2n) is 7.36. The average molecular weight is 477 g/mol. The van der Waals surface area contributed by atoms with E-state index in [-0.39, 0.29) is 28.7 Å². The van der Waals surface area contributed by atoms with Gasteiger partial charge in [-0.1, -0.05) is 79.3 Å². The number of nitriles is 1. The van der Waals surface area contributed by atoms with Crippen molar-refractivity contribution in [3.63, 3.8) is 0 Å². The first kappa shape index (κ1) is 24.7.